The van der Waals surface area contributed by atoms with Crippen molar-refractivity contribution in [3.05, 3.63) is 0 Å². The van der Waals surface area contributed by atoms with Crippen LogP contribution in [0.2, 0.25) is 0 Å². The van der Waals surface area contributed by atoms with Crippen LogP contribution in [0.25, 0.3) is 0 Å². The zero-order valence-electron chi connectivity index (χ0n) is 4.76. The van der Waals surface area contributed by atoms with E-state index in [0.29, 0.717) is 12.2 Å². The standard InChI is InChI=1S/C5H6N2OS/c6-2-1-5-7-4(8)3-9-5/h5H,1,3H2,(H,7,8)/t5-/m1/s1. The summed E-state index contributed by atoms with van der Waals surface area (Å²) in [4.78, 5) is 10.5. The van der Waals surface area contributed by atoms with Gasteiger partial charge in [0.2, 0.25) is 5.91 Å². The highest BCUT2D eigenvalue weighted by Crippen LogP contribution is 2.16. The minimum Gasteiger partial charge on any atom is -0.343 e. The van der Waals surface area contributed by atoms with Gasteiger partial charge in [0.25, 0.3) is 0 Å². The van der Waals surface area contributed by atoms with Crippen LogP contribution >= 0.6 is 11.8 Å². The number of hydrogen-bond acceptors (Lipinski definition) is 3. The Labute approximate surface area is 57.4 Å². The lowest BCUT2D eigenvalue weighted by Crippen LogP contribution is -2.23. The summed E-state index contributed by atoms with van der Waals surface area (Å²) in [6, 6.07) is 1.99. The SMILES string of the molecule is N#CC[C@@H]1NC(=O)CS1. The van der Waals surface area contributed by atoms with Gasteiger partial charge in [-0.3, -0.25) is 4.79 Å². The van der Waals surface area contributed by atoms with E-state index < -0.39 is 0 Å². The van der Waals surface area contributed by atoms with Gasteiger partial charge in [-0.1, -0.05) is 0 Å². The predicted molar refractivity (Wildman–Crippen MR) is 34.6 cm³/mol. The van der Waals surface area contributed by atoms with Crippen molar-refractivity contribution in [1.82, 2.24) is 5.32 Å². The number of rotatable bonds is 1. The molecule has 1 heterocycles. The van der Waals surface area contributed by atoms with Gasteiger partial charge in [0.15, 0.2) is 0 Å². The van der Waals surface area contributed by atoms with Crippen LogP contribution in [0.4, 0.5) is 0 Å². The molecule has 1 rings (SSSR count). The fraction of sp³-hybridized carbons (Fsp3) is 0.600. The van der Waals surface area contributed by atoms with E-state index in [1.165, 1.54) is 11.8 Å². The van der Waals surface area contributed by atoms with E-state index in [2.05, 4.69) is 5.32 Å². The topological polar surface area (TPSA) is 52.9 Å². The molecular formula is C5H6N2OS. The maximum Gasteiger partial charge on any atom is 0.230 e. The second-order valence-corrected chi connectivity index (χ2v) is 2.92. The molecule has 48 valence electrons. The van der Waals surface area contributed by atoms with Crippen molar-refractivity contribution in [2.75, 3.05) is 5.75 Å². The number of carbonyl (C=O) groups excluding carboxylic acids is 1. The Morgan fingerprint density at radius 2 is 2.78 bits per heavy atom. The summed E-state index contributed by atoms with van der Waals surface area (Å²) in [6.07, 6.45) is 0.413. The minimum absolute atomic E-state index is 0.0419. The molecule has 0 unspecified atom stereocenters. The van der Waals surface area contributed by atoms with Gasteiger partial charge in [-0.05, 0) is 0 Å². The molecule has 0 bridgehead atoms. The lowest BCUT2D eigenvalue weighted by Gasteiger charge is -1.99. The summed E-state index contributed by atoms with van der Waals surface area (Å²) in [6.45, 7) is 0. The van der Waals surface area contributed by atoms with Crippen molar-refractivity contribution in [3.63, 3.8) is 0 Å². The van der Waals surface area contributed by atoms with Gasteiger partial charge in [0, 0.05) is 0 Å². The van der Waals surface area contributed by atoms with E-state index in [4.69, 9.17) is 5.26 Å². The molecule has 0 aromatic carbocycles. The van der Waals surface area contributed by atoms with E-state index >= 15 is 0 Å². The zero-order chi connectivity index (χ0) is 6.69. The van der Waals surface area contributed by atoms with Gasteiger partial charge in [-0.2, -0.15) is 5.26 Å². The molecule has 1 N–H and O–H groups in total. The molecule has 1 fully saturated rings. The van der Waals surface area contributed by atoms with E-state index in [0.717, 1.165) is 0 Å². The third kappa shape index (κ3) is 1.61. The van der Waals surface area contributed by atoms with E-state index in [1.54, 1.807) is 0 Å². The molecular weight excluding hydrogens is 136 g/mol. The Kier molecular flexibility index (Phi) is 1.96. The normalized spacial score (nSPS) is 25.2. The number of amides is 1. The maximum absolute atomic E-state index is 10.5. The van der Waals surface area contributed by atoms with E-state index in [1.807, 2.05) is 6.07 Å². The fourth-order valence-corrected chi connectivity index (χ4v) is 1.48. The van der Waals surface area contributed by atoms with Crippen LogP contribution in [0.15, 0.2) is 0 Å². The van der Waals surface area contributed by atoms with Crippen LogP contribution in [0.3, 0.4) is 0 Å². The quantitative estimate of drug-likeness (QED) is 0.564. The first kappa shape index (κ1) is 6.43. The first-order valence-electron chi connectivity index (χ1n) is 2.61. The smallest absolute Gasteiger partial charge is 0.230 e. The van der Waals surface area contributed by atoms with Gasteiger partial charge in [-0.15, -0.1) is 11.8 Å². The van der Waals surface area contributed by atoms with Crippen molar-refractivity contribution >= 4 is 17.7 Å². The molecule has 1 atom stereocenters. The van der Waals surface area contributed by atoms with Gasteiger partial charge in [0.1, 0.15) is 0 Å². The van der Waals surface area contributed by atoms with Crippen molar-refractivity contribution < 1.29 is 4.79 Å². The number of nitrogens with one attached hydrogen (secondary N) is 1. The molecule has 0 aromatic rings. The Morgan fingerprint density at radius 1 is 2.00 bits per heavy atom. The van der Waals surface area contributed by atoms with Crippen molar-refractivity contribution in [1.29, 1.82) is 5.26 Å². The molecule has 0 saturated carbocycles. The van der Waals surface area contributed by atoms with Gasteiger partial charge >= 0.3 is 0 Å². The number of thioether (sulfide) groups is 1. The van der Waals surface area contributed by atoms with Crippen LogP contribution in [0.5, 0.6) is 0 Å². The van der Waals surface area contributed by atoms with Crippen LogP contribution in [0, 0.1) is 11.3 Å². The summed E-state index contributed by atoms with van der Waals surface area (Å²) >= 11 is 1.49. The van der Waals surface area contributed by atoms with Gasteiger partial charge in [0.05, 0.1) is 23.6 Å². The lowest BCUT2D eigenvalue weighted by molar-refractivity contribution is -0.118. The second-order valence-electron chi connectivity index (χ2n) is 1.73. The average Bonchev–Trinajstić information content (AvgIpc) is 2.17. The Hall–Kier alpha value is -0.690. The number of hydrogen-bond donors (Lipinski definition) is 1. The molecule has 3 nitrogen and oxygen atoms in total. The highest BCUT2D eigenvalue weighted by Gasteiger charge is 2.20. The summed E-state index contributed by atoms with van der Waals surface area (Å²) in [5.74, 6) is 0.548. The first-order valence-corrected chi connectivity index (χ1v) is 3.65. The monoisotopic (exact) mass is 142 g/mol. The molecule has 1 amide bonds. The van der Waals surface area contributed by atoms with Gasteiger partial charge in [-0.25, -0.2) is 0 Å². The maximum atomic E-state index is 10.5. The highest BCUT2D eigenvalue weighted by atomic mass is 32.2. The molecule has 0 spiro atoms. The molecule has 1 saturated heterocycles. The summed E-state index contributed by atoms with van der Waals surface area (Å²) < 4.78 is 0. The molecule has 4 heteroatoms. The molecule has 1 aliphatic heterocycles. The largest absolute Gasteiger partial charge is 0.343 e. The summed E-state index contributed by atoms with van der Waals surface area (Å²) in [5, 5.41) is 10.9. The number of nitriles is 1. The average molecular weight is 142 g/mol. The van der Waals surface area contributed by atoms with Gasteiger partial charge < -0.3 is 5.32 Å². The second kappa shape index (κ2) is 2.74. The predicted octanol–water partition coefficient (Wildman–Crippen LogP) is 0.0892. The van der Waals surface area contributed by atoms with Crippen molar-refractivity contribution in [2.24, 2.45) is 0 Å². The Morgan fingerprint density at radius 3 is 3.22 bits per heavy atom. The van der Waals surface area contributed by atoms with Crippen LogP contribution in [-0.2, 0) is 4.79 Å². The molecule has 0 aromatic heterocycles. The van der Waals surface area contributed by atoms with Crippen LogP contribution < -0.4 is 5.32 Å². The molecule has 0 radical (unpaired) electrons. The third-order valence-electron chi connectivity index (χ3n) is 1.01. The van der Waals surface area contributed by atoms with Crippen LogP contribution in [-0.4, -0.2) is 17.0 Å². The Bertz CT molecular complexity index is 163. The number of nitrogens with zero attached hydrogens (tertiary/aromatic N) is 1. The van der Waals surface area contributed by atoms with E-state index in [-0.39, 0.29) is 11.3 Å². The van der Waals surface area contributed by atoms with Crippen molar-refractivity contribution in [2.45, 2.75) is 11.8 Å². The highest BCUT2D eigenvalue weighted by molar-refractivity contribution is 8.01. The molecule has 1 aliphatic rings. The number of carbonyl (C=O) groups is 1. The molecule has 9 heavy (non-hydrogen) atoms. The van der Waals surface area contributed by atoms with E-state index in [9.17, 15) is 4.79 Å². The minimum atomic E-state index is 0.0419. The first-order chi connectivity index (χ1) is 4.33. The third-order valence-corrected chi connectivity index (χ3v) is 2.13. The molecule has 0 aliphatic carbocycles. The summed E-state index contributed by atoms with van der Waals surface area (Å²) in [7, 11) is 0. The summed E-state index contributed by atoms with van der Waals surface area (Å²) in [5.41, 5.74) is 0. The zero-order valence-corrected chi connectivity index (χ0v) is 5.57. The lowest BCUT2D eigenvalue weighted by atomic mass is 10.4. The van der Waals surface area contributed by atoms with Crippen molar-refractivity contribution in [3.8, 4) is 6.07 Å². The van der Waals surface area contributed by atoms with Crippen LogP contribution in [0.1, 0.15) is 6.42 Å². The Balaban J connectivity index is 2.32. The fourth-order valence-electron chi connectivity index (χ4n) is 0.632.